The summed E-state index contributed by atoms with van der Waals surface area (Å²) in [7, 11) is 0. The molecule has 0 aliphatic carbocycles. The van der Waals surface area contributed by atoms with Gasteiger partial charge in [-0.3, -0.25) is 0 Å². The van der Waals surface area contributed by atoms with Crippen LogP contribution in [0.2, 0.25) is 5.02 Å². The Kier molecular flexibility index (Phi) is 2.11. The second kappa shape index (κ2) is 3.49. The van der Waals surface area contributed by atoms with Crippen LogP contribution >= 0.6 is 11.6 Å². The molecule has 0 radical (unpaired) electrons. The van der Waals surface area contributed by atoms with Gasteiger partial charge in [0.05, 0.1) is 5.02 Å². The first-order valence-corrected chi connectivity index (χ1v) is 5.33. The van der Waals surface area contributed by atoms with Crippen molar-refractivity contribution in [3.05, 3.63) is 52.8 Å². The SMILES string of the molecule is Fc1ccc(-c2ccc3c(c2)OC3)cc1Cl. The van der Waals surface area contributed by atoms with Gasteiger partial charge in [0, 0.05) is 5.56 Å². The molecule has 2 aromatic rings. The molecule has 2 aromatic carbocycles. The van der Waals surface area contributed by atoms with E-state index in [0.717, 1.165) is 16.9 Å². The van der Waals surface area contributed by atoms with Crippen LogP contribution in [0.4, 0.5) is 4.39 Å². The molecular weight excluding hydrogens is 227 g/mol. The van der Waals surface area contributed by atoms with E-state index >= 15 is 0 Å². The predicted octanol–water partition coefficient (Wildman–Crippen LogP) is 4.04. The first kappa shape index (κ1) is 9.67. The Morgan fingerprint density at radius 2 is 1.81 bits per heavy atom. The molecule has 0 saturated heterocycles. The lowest BCUT2D eigenvalue weighted by Gasteiger charge is -2.20. The molecule has 80 valence electrons. The van der Waals surface area contributed by atoms with Gasteiger partial charge in [-0.25, -0.2) is 4.39 Å². The number of hydrogen-bond acceptors (Lipinski definition) is 1. The van der Waals surface area contributed by atoms with Gasteiger partial charge >= 0.3 is 0 Å². The Labute approximate surface area is 97.4 Å². The molecule has 0 unspecified atom stereocenters. The van der Waals surface area contributed by atoms with E-state index in [-0.39, 0.29) is 5.02 Å². The maximum Gasteiger partial charge on any atom is 0.141 e. The Balaban J connectivity index is 2.07. The third-order valence-electron chi connectivity index (χ3n) is 2.70. The second-order valence-corrected chi connectivity index (χ2v) is 4.15. The maximum atomic E-state index is 13.0. The molecule has 1 heterocycles. The van der Waals surface area contributed by atoms with Crippen molar-refractivity contribution in [3.8, 4) is 16.9 Å². The molecule has 0 bridgehead atoms. The quantitative estimate of drug-likeness (QED) is 0.724. The summed E-state index contributed by atoms with van der Waals surface area (Å²) in [6.07, 6.45) is 0. The minimum Gasteiger partial charge on any atom is -0.488 e. The average Bonchev–Trinajstić information content (AvgIpc) is 2.24. The van der Waals surface area contributed by atoms with Crippen LogP contribution in [-0.4, -0.2) is 0 Å². The van der Waals surface area contributed by atoms with Crippen LogP contribution < -0.4 is 4.74 Å². The van der Waals surface area contributed by atoms with Crippen LogP contribution in [0.15, 0.2) is 36.4 Å². The zero-order valence-electron chi connectivity index (χ0n) is 8.34. The van der Waals surface area contributed by atoms with Gasteiger partial charge < -0.3 is 4.74 Å². The molecular formula is C13H8ClFO. The first-order chi connectivity index (χ1) is 7.74. The van der Waals surface area contributed by atoms with Crippen molar-refractivity contribution in [2.45, 2.75) is 6.61 Å². The van der Waals surface area contributed by atoms with Crippen LogP contribution in [0.5, 0.6) is 5.75 Å². The molecule has 1 aliphatic rings. The van der Waals surface area contributed by atoms with Gasteiger partial charge in [-0.05, 0) is 29.3 Å². The van der Waals surface area contributed by atoms with E-state index in [1.807, 2.05) is 18.2 Å². The zero-order chi connectivity index (χ0) is 11.1. The summed E-state index contributed by atoms with van der Waals surface area (Å²) in [5.41, 5.74) is 3.09. The lowest BCUT2D eigenvalue weighted by molar-refractivity contribution is 0.243. The summed E-state index contributed by atoms with van der Waals surface area (Å²) >= 11 is 5.74. The molecule has 0 atom stereocenters. The van der Waals surface area contributed by atoms with Crippen LogP contribution in [0, 0.1) is 5.82 Å². The van der Waals surface area contributed by atoms with Crippen LogP contribution in [0.25, 0.3) is 11.1 Å². The monoisotopic (exact) mass is 234 g/mol. The number of halogens is 2. The molecule has 0 saturated carbocycles. The van der Waals surface area contributed by atoms with Gasteiger partial charge in [0.1, 0.15) is 18.2 Å². The molecule has 0 fully saturated rings. The molecule has 16 heavy (non-hydrogen) atoms. The van der Waals surface area contributed by atoms with Crippen LogP contribution in [-0.2, 0) is 6.61 Å². The van der Waals surface area contributed by atoms with Crippen LogP contribution in [0.3, 0.4) is 0 Å². The number of fused-ring (bicyclic) bond motifs is 1. The lowest BCUT2D eigenvalue weighted by Crippen LogP contribution is -2.08. The summed E-state index contributed by atoms with van der Waals surface area (Å²) in [5, 5.41) is 0.140. The van der Waals surface area contributed by atoms with Gasteiger partial charge in [0.25, 0.3) is 0 Å². The van der Waals surface area contributed by atoms with Crippen molar-refractivity contribution in [1.82, 2.24) is 0 Å². The number of rotatable bonds is 1. The van der Waals surface area contributed by atoms with E-state index in [1.54, 1.807) is 12.1 Å². The zero-order valence-corrected chi connectivity index (χ0v) is 9.09. The van der Waals surface area contributed by atoms with Crippen molar-refractivity contribution < 1.29 is 9.13 Å². The summed E-state index contributed by atoms with van der Waals surface area (Å²) in [6, 6.07) is 10.7. The summed E-state index contributed by atoms with van der Waals surface area (Å²) in [4.78, 5) is 0. The van der Waals surface area contributed by atoms with Crippen molar-refractivity contribution in [3.63, 3.8) is 0 Å². The van der Waals surface area contributed by atoms with Crippen LogP contribution in [0.1, 0.15) is 5.56 Å². The van der Waals surface area contributed by atoms with E-state index in [4.69, 9.17) is 16.3 Å². The highest BCUT2D eigenvalue weighted by molar-refractivity contribution is 6.31. The minimum absolute atomic E-state index is 0.140. The second-order valence-electron chi connectivity index (χ2n) is 3.74. The minimum atomic E-state index is -0.398. The van der Waals surface area contributed by atoms with Gasteiger partial charge in [-0.15, -0.1) is 0 Å². The fraction of sp³-hybridized carbons (Fsp3) is 0.0769. The normalized spacial score (nSPS) is 12.6. The van der Waals surface area contributed by atoms with Crippen molar-refractivity contribution >= 4 is 11.6 Å². The summed E-state index contributed by atoms with van der Waals surface area (Å²) in [6.45, 7) is 0.680. The van der Waals surface area contributed by atoms with E-state index < -0.39 is 5.82 Å². The Morgan fingerprint density at radius 3 is 2.44 bits per heavy atom. The molecule has 0 amide bonds. The Hall–Kier alpha value is -1.54. The van der Waals surface area contributed by atoms with Crippen molar-refractivity contribution in [2.75, 3.05) is 0 Å². The third-order valence-corrected chi connectivity index (χ3v) is 2.99. The summed E-state index contributed by atoms with van der Waals surface area (Å²) < 4.78 is 18.3. The molecule has 3 heteroatoms. The molecule has 0 spiro atoms. The summed E-state index contributed by atoms with van der Waals surface area (Å²) in [5.74, 6) is 0.503. The van der Waals surface area contributed by atoms with Gasteiger partial charge in [-0.1, -0.05) is 29.8 Å². The molecule has 0 N–H and O–H groups in total. The largest absolute Gasteiger partial charge is 0.488 e. The first-order valence-electron chi connectivity index (χ1n) is 4.95. The standard InChI is InChI=1S/C13H8ClFO/c14-11-5-8(3-4-12(11)15)9-1-2-10-7-16-13(10)6-9/h1-6H,7H2. The van der Waals surface area contributed by atoms with Gasteiger partial charge in [0.2, 0.25) is 0 Å². The van der Waals surface area contributed by atoms with E-state index in [1.165, 1.54) is 11.6 Å². The molecule has 1 nitrogen and oxygen atoms in total. The number of ether oxygens (including phenoxy) is 1. The average molecular weight is 235 g/mol. The van der Waals surface area contributed by atoms with E-state index in [9.17, 15) is 4.39 Å². The molecule has 3 rings (SSSR count). The smallest absolute Gasteiger partial charge is 0.141 e. The van der Waals surface area contributed by atoms with Crippen molar-refractivity contribution in [1.29, 1.82) is 0 Å². The topological polar surface area (TPSA) is 9.23 Å². The number of hydrogen-bond donors (Lipinski definition) is 0. The Bertz CT molecular complexity index is 528. The van der Waals surface area contributed by atoms with E-state index in [0.29, 0.717) is 6.61 Å². The van der Waals surface area contributed by atoms with Gasteiger partial charge in [0.15, 0.2) is 0 Å². The molecule has 0 aromatic heterocycles. The lowest BCUT2D eigenvalue weighted by atomic mass is 10.0. The third kappa shape index (κ3) is 1.46. The highest BCUT2D eigenvalue weighted by atomic mass is 35.5. The van der Waals surface area contributed by atoms with Gasteiger partial charge in [-0.2, -0.15) is 0 Å². The fourth-order valence-electron chi connectivity index (χ4n) is 1.74. The fourth-order valence-corrected chi connectivity index (χ4v) is 1.92. The number of benzene rings is 2. The Morgan fingerprint density at radius 1 is 1.06 bits per heavy atom. The van der Waals surface area contributed by atoms with Crippen molar-refractivity contribution in [2.24, 2.45) is 0 Å². The highest BCUT2D eigenvalue weighted by Crippen LogP contribution is 2.34. The maximum absolute atomic E-state index is 13.0. The molecule has 1 aliphatic heterocycles. The van der Waals surface area contributed by atoms with E-state index in [2.05, 4.69) is 0 Å². The predicted molar refractivity (Wildman–Crippen MR) is 61.2 cm³/mol. The highest BCUT2D eigenvalue weighted by Gasteiger charge is 2.15.